The number of nitrogens with one attached hydrogen (secondary N) is 1. The van der Waals surface area contributed by atoms with Crippen molar-refractivity contribution < 1.29 is 13.2 Å². The number of rotatable bonds is 4. The second-order valence-electron chi connectivity index (χ2n) is 4.25. The molecule has 4 nitrogen and oxygen atoms in total. The van der Waals surface area contributed by atoms with Crippen LogP contribution >= 0.6 is 0 Å². The summed E-state index contributed by atoms with van der Waals surface area (Å²) in [5.41, 5.74) is 0. The van der Waals surface area contributed by atoms with E-state index in [0.29, 0.717) is 10.6 Å². The number of benzene rings is 1. The summed E-state index contributed by atoms with van der Waals surface area (Å²) >= 11 is 0. The summed E-state index contributed by atoms with van der Waals surface area (Å²) in [4.78, 5) is 0.368. The van der Waals surface area contributed by atoms with Crippen LogP contribution < -0.4 is 10.1 Å². The SMILES string of the molecule is COc1ccc(S(=O)(=O)CC2CCCN2)cc1. The van der Waals surface area contributed by atoms with Gasteiger partial charge < -0.3 is 10.1 Å². The molecule has 94 valence electrons. The van der Waals surface area contributed by atoms with Crippen LogP contribution in [0.5, 0.6) is 5.75 Å². The lowest BCUT2D eigenvalue weighted by molar-refractivity contribution is 0.414. The minimum absolute atomic E-state index is 0.0992. The Kier molecular flexibility index (Phi) is 3.69. The van der Waals surface area contributed by atoms with Crippen molar-refractivity contribution >= 4 is 9.84 Å². The van der Waals surface area contributed by atoms with Gasteiger partial charge >= 0.3 is 0 Å². The largest absolute Gasteiger partial charge is 0.497 e. The van der Waals surface area contributed by atoms with Gasteiger partial charge in [0.2, 0.25) is 0 Å². The third-order valence-corrected chi connectivity index (χ3v) is 4.83. The molecule has 0 spiro atoms. The Bertz CT molecular complexity index is 461. The summed E-state index contributed by atoms with van der Waals surface area (Å²) in [6.07, 6.45) is 2.00. The summed E-state index contributed by atoms with van der Waals surface area (Å²) in [5.74, 6) is 0.849. The average Bonchev–Trinajstić information content (AvgIpc) is 2.81. The van der Waals surface area contributed by atoms with Crippen molar-refractivity contribution in [2.75, 3.05) is 19.4 Å². The van der Waals surface area contributed by atoms with Gasteiger partial charge in [-0.1, -0.05) is 0 Å². The molecule has 0 aromatic heterocycles. The van der Waals surface area contributed by atoms with Crippen molar-refractivity contribution in [3.63, 3.8) is 0 Å². The van der Waals surface area contributed by atoms with Gasteiger partial charge in [0, 0.05) is 6.04 Å². The maximum atomic E-state index is 12.1. The van der Waals surface area contributed by atoms with E-state index in [2.05, 4.69) is 5.32 Å². The molecule has 1 saturated heterocycles. The van der Waals surface area contributed by atoms with Crippen LogP contribution in [0.3, 0.4) is 0 Å². The lowest BCUT2D eigenvalue weighted by Crippen LogP contribution is -2.29. The molecule has 1 aromatic rings. The van der Waals surface area contributed by atoms with E-state index in [-0.39, 0.29) is 11.8 Å². The van der Waals surface area contributed by atoms with Gasteiger partial charge in [0.15, 0.2) is 9.84 Å². The highest BCUT2D eigenvalue weighted by Crippen LogP contribution is 2.19. The molecule has 2 rings (SSSR count). The minimum Gasteiger partial charge on any atom is -0.497 e. The third-order valence-electron chi connectivity index (χ3n) is 3.00. The van der Waals surface area contributed by atoms with Crippen molar-refractivity contribution in [3.05, 3.63) is 24.3 Å². The first kappa shape index (κ1) is 12.4. The number of sulfone groups is 1. The zero-order valence-electron chi connectivity index (χ0n) is 9.85. The Labute approximate surface area is 102 Å². The van der Waals surface area contributed by atoms with Crippen LogP contribution in [0.15, 0.2) is 29.2 Å². The van der Waals surface area contributed by atoms with Crippen molar-refractivity contribution in [1.82, 2.24) is 5.32 Å². The van der Waals surface area contributed by atoms with E-state index >= 15 is 0 Å². The summed E-state index contributed by atoms with van der Waals surface area (Å²) in [6.45, 7) is 0.919. The van der Waals surface area contributed by atoms with Crippen LogP contribution in [-0.2, 0) is 9.84 Å². The third kappa shape index (κ3) is 2.98. The zero-order chi connectivity index (χ0) is 12.3. The lowest BCUT2D eigenvalue weighted by Gasteiger charge is -2.11. The van der Waals surface area contributed by atoms with Crippen LogP contribution in [0.25, 0.3) is 0 Å². The fourth-order valence-corrected chi connectivity index (χ4v) is 3.60. The predicted octanol–water partition coefficient (Wildman–Crippen LogP) is 1.22. The Morgan fingerprint density at radius 2 is 2.06 bits per heavy atom. The van der Waals surface area contributed by atoms with E-state index < -0.39 is 9.84 Å². The van der Waals surface area contributed by atoms with Crippen LogP contribution in [0.1, 0.15) is 12.8 Å². The fraction of sp³-hybridized carbons (Fsp3) is 0.500. The molecule has 1 aliphatic rings. The van der Waals surface area contributed by atoms with Gasteiger partial charge in [0.25, 0.3) is 0 Å². The maximum absolute atomic E-state index is 12.1. The van der Waals surface area contributed by atoms with Crippen molar-refractivity contribution in [3.8, 4) is 5.75 Å². The molecule has 0 saturated carbocycles. The van der Waals surface area contributed by atoms with Gasteiger partial charge in [-0.15, -0.1) is 0 Å². The molecule has 0 radical (unpaired) electrons. The van der Waals surface area contributed by atoms with Crippen LogP contribution in [-0.4, -0.2) is 33.9 Å². The first-order valence-corrected chi connectivity index (χ1v) is 7.37. The first-order chi connectivity index (χ1) is 8.12. The van der Waals surface area contributed by atoms with Crippen molar-refractivity contribution in [1.29, 1.82) is 0 Å². The first-order valence-electron chi connectivity index (χ1n) is 5.72. The number of ether oxygens (including phenoxy) is 1. The van der Waals surface area contributed by atoms with Gasteiger partial charge in [-0.2, -0.15) is 0 Å². The molecule has 1 aliphatic heterocycles. The van der Waals surface area contributed by atoms with E-state index in [9.17, 15) is 8.42 Å². The topological polar surface area (TPSA) is 55.4 Å². The Morgan fingerprint density at radius 3 is 2.59 bits per heavy atom. The molecule has 0 bridgehead atoms. The Morgan fingerprint density at radius 1 is 1.35 bits per heavy atom. The van der Waals surface area contributed by atoms with E-state index in [1.807, 2.05) is 0 Å². The molecule has 5 heteroatoms. The highest BCUT2D eigenvalue weighted by Gasteiger charge is 2.23. The average molecular weight is 255 g/mol. The van der Waals surface area contributed by atoms with E-state index in [1.165, 1.54) is 0 Å². The minimum atomic E-state index is -3.19. The normalized spacial score (nSPS) is 20.4. The van der Waals surface area contributed by atoms with E-state index in [1.54, 1.807) is 31.4 Å². The molecule has 0 amide bonds. The fourth-order valence-electron chi connectivity index (χ4n) is 2.04. The zero-order valence-corrected chi connectivity index (χ0v) is 10.7. The van der Waals surface area contributed by atoms with Crippen molar-refractivity contribution in [2.24, 2.45) is 0 Å². The number of hydrogen-bond donors (Lipinski definition) is 1. The standard InChI is InChI=1S/C12H17NO3S/c1-16-11-4-6-12(7-5-11)17(14,15)9-10-3-2-8-13-10/h4-7,10,13H,2-3,8-9H2,1H3. The van der Waals surface area contributed by atoms with Gasteiger partial charge in [-0.05, 0) is 43.7 Å². The Balaban J connectivity index is 2.12. The highest BCUT2D eigenvalue weighted by molar-refractivity contribution is 7.91. The second-order valence-corrected chi connectivity index (χ2v) is 6.28. The summed E-state index contributed by atoms with van der Waals surface area (Å²) in [5, 5.41) is 3.20. The molecule has 1 heterocycles. The summed E-state index contributed by atoms with van der Waals surface area (Å²) in [7, 11) is -1.63. The molecule has 1 fully saturated rings. The van der Waals surface area contributed by atoms with Gasteiger partial charge in [0.1, 0.15) is 5.75 Å². The van der Waals surface area contributed by atoms with E-state index in [0.717, 1.165) is 19.4 Å². The molecule has 1 N–H and O–H groups in total. The maximum Gasteiger partial charge on any atom is 0.179 e. The van der Waals surface area contributed by atoms with Gasteiger partial charge in [-0.25, -0.2) is 8.42 Å². The quantitative estimate of drug-likeness (QED) is 0.879. The molecule has 1 aromatic carbocycles. The monoisotopic (exact) mass is 255 g/mol. The summed E-state index contributed by atoms with van der Waals surface area (Å²) in [6, 6.07) is 6.65. The Hall–Kier alpha value is -1.07. The highest BCUT2D eigenvalue weighted by atomic mass is 32.2. The number of methoxy groups -OCH3 is 1. The summed E-state index contributed by atoms with van der Waals surface area (Å²) < 4.78 is 29.2. The van der Waals surface area contributed by atoms with Gasteiger partial charge in [0.05, 0.1) is 17.8 Å². The van der Waals surface area contributed by atoms with Crippen LogP contribution in [0.4, 0.5) is 0 Å². The molecular formula is C12H17NO3S. The van der Waals surface area contributed by atoms with Gasteiger partial charge in [-0.3, -0.25) is 0 Å². The molecule has 17 heavy (non-hydrogen) atoms. The van der Waals surface area contributed by atoms with E-state index in [4.69, 9.17) is 4.74 Å². The molecular weight excluding hydrogens is 238 g/mol. The number of hydrogen-bond acceptors (Lipinski definition) is 4. The molecule has 1 unspecified atom stereocenters. The predicted molar refractivity (Wildman–Crippen MR) is 66.1 cm³/mol. The molecule has 1 atom stereocenters. The van der Waals surface area contributed by atoms with Crippen LogP contribution in [0, 0.1) is 0 Å². The second kappa shape index (κ2) is 5.06. The van der Waals surface area contributed by atoms with Crippen LogP contribution in [0.2, 0.25) is 0 Å². The van der Waals surface area contributed by atoms with Crippen molar-refractivity contribution in [2.45, 2.75) is 23.8 Å². The smallest absolute Gasteiger partial charge is 0.179 e. The lowest BCUT2D eigenvalue weighted by atomic mass is 10.3. The molecule has 0 aliphatic carbocycles.